The first-order chi connectivity index (χ1) is 15.1. The second-order valence-electron chi connectivity index (χ2n) is 6.24. The molecule has 0 saturated carbocycles. The summed E-state index contributed by atoms with van der Waals surface area (Å²) in [5, 5.41) is 6.66. The molecule has 0 aliphatic heterocycles. The summed E-state index contributed by atoms with van der Waals surface area (Å²) in [6, 6.07) is 10.6. The number of hydrogen-bond donors (Lipinski definition) is 1. The number of benzene rings is 2. The third-order valence-electron chi connectivity index (χ3n) is 4.37. The van der Waals surface area contributed by atoms with Gasteiger partial charge in [-0.2, -0.15) is 4.98 Å². The number of nitrogens with zero attached hydrogens (tertiary/aromatic N) is 2. The molecule has 3 aromatic rings. The first-order valence-electron chi connectivity index (χ1n) is 9.30. The fourth-order valence-electron chi connectivity index (χ4n) is 2.77. The molecule has 0 bridgehead atoms. The molecule has 0 unspecified atom stereocenters. The number of aromatic nitrogens is 2. The van der Waals surface area contributed by atoms with Crippen LogP contribution in [0, 0.1) is 0 Å². The predicted molar refractivity (Wildman–Crippen MR) is 113 cm³/mol. The molecule has 2 aromatic carbocycles. The summed E-state index contributed by atoms with van der Waals surface area (Å²) >= 11 is 0. The van der Waals surface area contributed by atoms with Gasteiger partial charge < -0.3 is 28.8 Å². The molecule has 1 N–H and O–H groups in total. The van der Waals surface area contributed by atoms with E-state index in [0.717, 1.165) is 5.56 Å². The topological polar surface area (TPSA) is 105 Å². The smallest absolute Gasteiger partial charge is 0.246 e. The van der Waals surface area contributed by atoms with Gasteiger partial charge in [-0.3, -0.25) is 4.79 Å². The Morgan fingerprint density at radius 3 is 2.45 bits per heavy atom. The van der Waals surface area contributed by atoms with Crippen LogP contribution < -0.4 is 24.3 Å². The van der Waals surface area contributed by atoms with Gasteiger partial charge in [0.15, 0.2) is 11.5 Å². The molecular formula is C22H23N3O6. The highest BCUT2D eigenvalue weighted by Gasteiger charge is 2.14. The first kappa shape index (κ1) is 21.7. The van der Waals surface area contributed by atoms with Gasteiger partial charge in [0, 0.05) is 12.1 Å². The van der Waals surface area contributed by atoms with Crippen molar-refractivity contribution in [1.82, 2.24) is 15.5 Å². The van der Waals surface area contributed by atoms with Gasteiger partial charge in [-0.25, -0.2) is 0 Å². The number of nitrogens with one attached hydrogen (secondary N) is 1. The summed E-state index contributed by atoms with van der Waals surface area (Å²) in [4.78, 5) is 16.4. The van der Waals surface area contributed by atoms with Crippen molar-refractivity contribution in [2.24, 2.45) is 0 Å². The van der Waals surface area contributed by atoms with E-state index in [2.05, 4.69) is 15.5 Å². The molecule has 0 fully saturated rings. The highest BCUT2D eigenvalue weighted by molar-refractivity contribution is 5.91. The van der Waals surface area contributed by atoms with Gasteiger partial charge in [-0.15, -0.1) is 0 Å². The zero-order chi connectivity index (χ0) is 22.2. The van der Waals surface area contributed by atoms with E-state index in [9.17, 15) is 4.79 Å². The van der Waals surface area contributed by atoms with Gasteiger partial charge in [-0.05, 0) is 35.9 Å². The molecule has 0 saturated heterocycles. The Labute approximate surface area is 179 Å². The lowest BCUT2D eigenvalue weighted by Crippen LogP contribution is -2.20. The van der Waals surface area contributed by atoms with Gasteiger partial charge in [-0.1, -0.05) is 11.2 Å². The molecule has 3 rings (SSSR count). The van der Waals surface area contributed by atoms with E-state index < -0.39 is 0 Å². The van der Waals surface area contributed by atoms with Crippen molar-refractivity contribution < 1.29 is 28.3 Å². The van der Waals surface area contributed by atoms with Crippen LogP contribution in [0.25, 0.3) is 17.5 Å². The highest BCUT2D eigenvalue weighted by atomic mass is 16.5. The lowest BCUT2D eigenvalue weighted by atomic mass is 10.2. The van der Waals surface area contributed by atoms with Crippen molar-refractivity contribution in [3.63, 3.8) is 0 Å². The van der Waals surface area contributed by atoms with Crippen LogP contribution in [0.2, 0.25) is 0 Å². The van der Waals surface area contributed by atoms with E-state index in [4.69, 9.17) is 23.5 Å². The largest absolute Gasteiger partial charge is 0.497 e. The number of carbonyl (C=O) groups is 1. The second kappa shape index (κ2) is 10.1. The number of amides is 1. The normalized spacial score (nSPS) is 10.7. The average molecular weight is 425 g/mol. The van der Waals surface area contributed by atoms with Crippen LogP contribution in [0.4, 0.5) is 0 Å². The van der Waals surface area contributed by atoms with E-state index in [0.29, 0.717) is 34.4 Å². The van der Waals surface area contributed by atoms with E-state index in [1.807, 2.05) is 6.07 Å². The summed E-state index contributed by atoms with van der Waals surface area (Å²) < 4.78 is 26.2. The summed E-state index contributed by atoms with van der Waals surface area (Å²) in [5.41, 5.74) is 1.44. The minimum Gasteiger partial charge on any atom is -0.497 e. The number of hydrogen-bond acceptors (Lipinski definition) is 8. The van der Waals surface area contributed by atoms with Crippen LogP contribution in [-0.2, 0) is 11.3 Å². The van der Waals surface area contributed by atoms with Crippen LogP contribution in [0.3, 0.4) is 0 Å². The molecule has 162 valence electrons. The van der Waals surface area contributed by atoms with Crippen molar-refractivity contribution in [2.45, 2.75) is 6.54 Å². The molecule has 9 nitrogen and oxygen atoms in total. The van der Waals surface area contributed by atoms with Gasteiger partial charge >= 0.3 is 0 Å². The number of carbonyl (C=O) groups excluding carboxylic acids is 1. The first-order valence-corrected chi connectivity index (χ1v) is 9.30. The van der Waals surface area contributed by atoms with Crippen LogP contribution in [0.5, 0.6) is 23.0 Å². The molecule has 1 aromatic heterocycles. The minimum absolute atomic E-state index is 0.0839. The molecule has 0 radical (unpaired) electrons. The number of ether oxygens (including phenoxy) is 4. The summed E-state index contributed by atoms with van der Waals surface area (Å²) in [6.07, 6.45) is 3.07. The lowest BCUT2D eigenvalue weighted by Gasteiger charge is -2.07. The molecule has 0 atom stereocenters. The number of methoxy groups -OCH3 is 4. The Bertz CT molecular complexity index is 1080. The van der Waals surface area contributed by atoms with Crippen molar-refractivity contribution in [1.29, 1.82) is 0 Å². The zero-order valence-electron chi connectivity index (χ0n) is 17.7. The summed E-state index contributed by atoms with van der Waals surface area (Å²) in [7, 11) is 6.24. The average Bonchev–Trinajstić information content (AvgIpc) is 3.29. The van der Waals surface area contributed by atoms with E-state index in [1.54, 1.807) is 64.8 Å². The molecule has 0 aliphatic carbocycles. The summed E-state index contributed by atoms with van der Waals surface area (Å²) in [5.74, 6) is 2.70. The van der Waals surface area contributed by atoms with Gasteiger partial charge in [0.25, 0.3) is 0 Å². The summed E-state index contributed by atoms with van der Waals surface area (Å²) in [6.45, 7) is 0.0839. The molecule has 0 aliphatic rings. The molecule has 9 heteroatoms. The fourth-order valence-corrected chi connectivity index (χ4v) is 2.77. The Hall–Kier alpha value is -4.01. The fraction of sp³-hybridized carbons (Fsp3) is 0.227. The Morgan fingerprint density at radius 2 is 1.74 bits per heavy atom. The van der Waals surface area contributed by atoms with Crippen LogP contribution in [0.1, 0.15) is 11.5 Å². The van der Waals surface area contributed by atoms with Gasteiger partial charge in [0.1, 0.15) is 11.5 Å². The zero-order valence-corrected chi connectivity index (χ0v) is 17.7. The molecule has 0 spiro atoms. The maximum atomic E-state index is 12.1. The Balaban J connectivity index is 1.62. The Kier molecular flexibility index (Phi) is 7.10. The monoisotopic (exact) mass is 425 g/mol. The maximum Gasteiger partial charge on any atom is 0.246 e. The molecule has 31 heavy (non-hydrogen) atoms. The quantitative estimate of drug-likeness (QED) is 0.522. The van der Waals surface area contributed by atoms with Crippen molar-refractivity contribution in [3.8, 4) is 34.4 Å². The molecule has 1 heterocycles. The maximum absolute atomic E-state index is 12.1. The van der Waals surface area contributed by atoms with Crippen molar-refractivity contribution in [2.75, 3.05) is 28.4 Å². The van der Waals surface area contributed by atoms with Crippen molar-refractivity contribution in [3.05, 3.63) is 53.9 Å². The van der Waals surface area contributed by atoms with Gasteiger partial charge in [0.2, 0.25) is 17.6 Å². The number of rotatable bonds is 9. The lowest BCUT2D eigenvalue weighted by molar-refractivity contribution is -0.116. The highest BCUT2D eigenvalue weighted by Crippen LogP contribution is 2.31. The standard InChI is InChI=1S/C22H23N3O6/c1-27-15-7-8-16(18(12-15)29-3)22-24-21(31-25-22)13-23-20(26)10-6-14-5-9-17(28-2)19(11-14)30-4/h5-12H,13H2,1-4H3,(H,23,26)/b10-6+. The third kappa shape index (κ3) is 5.33. The van der Waals surface area contributed by atoms with E-state index in [-0.39, 0.29) is 18.3 Å². The van der Waals surface area contributed by atoms with Crippen LogP contribution in [-0.4, -0.2) is 44.5 Å². The second-order valence-corrected chi connectivity index (χ2v) is 6.24. The minimum atomic E-state index is -0.309. The van der Waals surface area contributed by atoms with E-state index in [1.165, 1.54) is 6.08 Å². The molecular weight excluding hydrogens is 402 g/mol. The van der Waals surface area contributed by atoms with Crippen LogP contribution >= 0.6 is 0 Å². The van der Waals surface area contributed by atoms with Crippen LogP contribution in [0.15, 0.2) is 47.0 Å². The van der Waals surface area contributed by atoms with Crippen molar-refractivity contribution >= 4 is 12.0 Å². The van der Waals surface area contributed by atoms with E-state index >= 15 is 0 Å². The Morgan fingerprint density at radius 1 is 0.968 bits per heavy atom. The SMILES string of the molecule is COc1ccc(-c2noc(CNC(=O)/C=C/c3ccc(OC)c(OC)c3)n2)c(OC)c1. The third-order valence-corrected chi connectivity index (χ3v) is 4.37. The predicted octanol–water partition coefficient (Wildman–Crippen LogP) is 3.10. The van der Waals surface area contributed by atoms with Gasteiger partial charge in [0.05, 0.1) is 40.5 Å². The molecule has 1 amide bonds.